The Morgan fingerprint density at radius 1 is 1.06 bits per heavy atom. The Balaban J connectivity index is 1.56. The van der Waals surface area contributed by atoms with E-state index in [0.29, 0.717) is 23.1 Å². The van der Waals surface area contributed by atoms with Crippen molar-refractivity contribution in [2.75, 3.05) is 5.32 Å². The number of nitrogens with one attached hydrogen (secondary N) is 1. The summed E-state index contributed by atoms with van der Waals surface area (Å²) in [5.41, 5.74) is 3.20. The van der Waals surface area contributed by atoms with Crippen molar-refractivity contribution in [2.45, 2.75) is 26.5 Å². The first-order valence-corrected chi connectivity index (χ1v) is 9.94. The molecule has 8 heteroatoms. The molecule has 0 amide bonds. The Bertz CT molecular complexity index is 1220. The van der Waals surface area contributed by atoms with Gasteiger partial charge >= 0.3 is 0 Å². The van der Waals surface area contributed by atoms with Gasteiger partial charge in [0, 0.05) is 37.1 Å². The molecular formula is C23H23N5O3. The second-order valence-corrected chi connectivity index (χ2v) is 7.34. The highest BCUT2D eigenvalue weighted by molar-refractivity contribution is 5.81. The SMILES string of the molecule is CC(C)Oc1cccc(Nc2nc3cc(Oc4ccnc(CN=O)c4)ccc3n2C)c1. The molecule has 0 radical (unpaired) electrons. The van der Waals surface area contributed by atoms with Crippen LogP contribution in [0.4, 0.5) is 11.6 Å². The van der Waals surface area contributed by atoms with Gasteiger partial charge in [-0.05, 0) is 44.2 Å². The van der Waals surface area contributed by atoms with Crippen LogP contribution in [-0.4, -0.2) is 20.6 Å². The van der Waals surface area contributed by atoms with Crippen LogP contribution in [-0.2, 0) is 13.6 Å². The summed E-state index contributed by atoms with van der Waals surface area (Å²) in [4.78, 5) is 19.3. The number of aryl methyl sites for hydroxylation is 1. The third-order valence-corrected chi connectivity index (χ3v) is 4.56. The van der Waals surface area contributed by atoms with Crippen molar-refractivity contribution in [2.24, 2.45) is 12.2 Å². The predicted octanol–water partition coefficient (Wildman–Crippen LogP) is 5.56. The minimum absolute atomic E-state index is 0.00884. The van der Waals surface area contributed by atoms with E-state index in [1.807, 2.05) is 67.9 Å². The maximum absolute atomic E-state index is 10.5. The van der Waals surface area contributed by atoms with Gasteiger partial charge in [-0.15, -0.1) is 0 Å². The maximum atomic E-state index is 10.5. The zero-order valence-electron chi connectivity index (χ0n) is 17.6. The predicted molar refractivity (Wildman–Crippen MR) is 120 cm³/mol. The zero-order valence-corrected chi connectivity index (χ0v) is 17.6. The fourth-order valence-corrected chi connectivity index (χ4v) is 3.21. The van der Waals surface area contributed by atoms with Crippen molar-refractivity contribution in [1.29, 1.82) is 0 Å². The van der Waals surface area contributed by atoms with E-state index < -0.39 is 0 Å². The topological polar surface area (TPSA) is 90.6 Å². The monoisotopic (exact) mass is 417 g/mol. The molecule has 4 rings (SSSR count). The molecule has 0 spiro atoms. The number of imidazole rings is 1. The molecule has 0 aliphatic rings. The third-order valence-electron chi connectivity index (χ3n) is 4.56. The molecule has 1 N–H and O–H groups in total. The van der Waals surface area contributed by atoms with Gasteiger partial charge in [-0.1, -0.05) is 11.2 Å². The Morgan fingerprint density at radius 2 is 1.90 bits per heavy atom. The molecule has 2 heterocycles. The molecule has 0 fully saturated rings. The van der Waals surface area contributed by atoms with E-state index in [1.54, 1.807) is 18.3 Å². The quantitative estimate of drug-likeness (QED) is 0.378. The van der Waals surface area contributed by atoms with Crippen LogP contribution in [0.25, 0.3) is 11.0 Å². The normalized spacial score (nSPS) is 11.0. The molecule has 158 valence electrons. The first-order chi connectivity index (χ1) is 15.0. The standard InChI is InChI=1S/C23H23N5O3/c1-15(2)30-18-6-4-5-16(11-18)26-23-27-21-13-19(7-8-22(21)28(23)3)31-20-9-10-24-17(12-20)14-25-29/h4-13,15H,14H2,1-3H3,(H,26,27). The first-order valence-electron chi connectivity index (χ1n) is 9.94. The molecule has 2 aromatic carbocycles. The summed E-state index contributed by atoms with van der Waals surface area (Å²) in [6.45, 7) is 4.00. The number of ether oxygens (including phenoxy) is 2. The van der Waals surface area contributed by atoms with E-state index in [1.165, 1.54) is 0 Å². The number of nitroso groups, excluding NO2 is 1. The van der Waals surface area contributed by atoms with Gasteiger partial charge in [0.05, 0.1) is 22.8 Å². The van der Waals surface area contributed by atoms with E-state index in [9.17, 15) is 4.91 Å². The highest BCUT2D eigenvalue weighted by Crippen LogP contribution is 2.29. The Labute approximate surface area is 179 Å². The molecule has 0 atom stereocenters. The number of rotatable bonds is 8. The highest BCUT2D eigenvalue weighted by atomic mass is 16.5. The summed E-state index contributed by atoms with van der Waals surface area (Å²) in [6, 6.07) is 16.9. The number of anilines is 2. The molecule has 8 nitrogen and oxygen atoms in total. The van der Waals surface area contributed by atoms with E-state index in [-0.39, 0.29) is 12.6 Å². The molecule has 0 saturated carbocycles. The molecule has 4 aromatic rings. The molecular weight excluding hydrogens is 394 g/mol. The summed E-state index contributed by atoms with van der Waals surface area (Å²) in [5, 5.41) is 6.21. The van der Waals surface area contributed by atoms with Crippen LogP contribution < -0.4 is 14.8 Å². The minimum atomic E-state index is 0.00884. The van der Waals surface area contributed by atoms with E-state index in [2.05, 4.69) is 15.5 Å². The van der Waals surface area contributed by atoms with Gasteiger partial charge in [0.25, 0.3) is 0 Å². The van der Waals surface area contributed by atoms with Crippen LogP contribution in [0.5, 0.6) is 17.2 Å². The zero-order chi connectivity index (χ0) is 21.8. The van der Waals surface area contributed by atoms with Crippen LogP contribution in [0.3, 0.4) is 0 Å². The lowest BCUT2D eigenvalue weighted by molar-refractivity contribution is 0.242. The third kappa shape index (κ3) is 4.80. The van der Waals surface area contributed by atoms with Crippen LogP contribution in [0.1, 0.15) is 19.5 Å². The Morgan fingerprint density at radius 3 is 2.71 bits per heavy atom. The van der Waals surface area contributed by atoms with E-state index in [0.717, 1.165) is 22.5 Å². The lowest BCUT2D eigenvalue weighted by atomic mass is 10.3. The largest absolute Gasteiger partial charge is 0.491 e. The molecule has 2 aromatic heterocycles. The second kappa shape index (κ2) is 8.83. The van der Waals surface area contributed by atoms with Crippen molar-refractivity contribution < 1.29 is 9.47 Å². The number of benzene rings is 2. The molecule has 0 aliphatic heterocycles. The van der Waals surface area contributed by atoms with Gasteiger partial charge < -0.3 is 19.4 Å². The highest BCUT2D eigenvalue weighted by Gasteiger charge is 2.11. The second-order valence-electron chi connectivity index (χ2n) is 7.34. The van der Waals surface area contributed by atoms with Gasteiger partial charge in [0.15, 0.2) is 0 Å². The lowest BCUT2D eigenvalue weighted by Crippen LogP contribution is -2.06. The number of hydrogen-bond donors (Lipinski definition) is 1. The maximum Gasteiger partial charge on any atom is 0.208 e. The smallest absolute Gasteiger partial charge is 0.208 e. The molecule has 0 aliphatic carbocycles. The fourth-order valence-electron chi connectivity index (χ4n) is 3.21. The summed E-state index contributed by atoms with van der Waals surface area (Å²) in [5.74, 6) is 2.73. The molecule has 0 unspecified atom stereocenters. The van der Waals surface area contributed by atoms with Crippen molar-refractivity contribution in [3.63, 3.8) is 0 Å². The molecule has 31 heavy (non-hydrogen) atoms. The van der Waals surface area contributed by atoms with Gasteiger partial charge in [0.1, 0.15) is 23.8 Å². The number of fused-ring (bicyclic) bond motifs is 1. The van der Waals surface area contributed by atoms with Crippen molar-refractivity contribution in [3.8, 4) is 17.2 Å². The summed E-state index contributed by atoms with van der Waals surface area (Å²) in [7, 11) is 1.95. The van der Waals surface area contributed by atoms with Crippen molar-refractivity contribution >= 4 is 22.7 Å². The fraction of sp³-hybridized carbons (Fsp3) is 0.217. The molecule has 0 saturated heterocycles. The van der Waals surface area contributed by atoms with Crippen LogP contribution in [0.15, 0.2) is 66.0 Å². The first kappa shape index (κ1) is 20.3. The van der Waals surface area contributed by atoms with Crippen LogP contribution in [0, 0.1) is 4.91 Å². The van der Waals surface area contributed by atoms with Gasteiger partial charge in [-0.25, -0.2) is 4.98 Å². The van der Waals surface area contributed by atoms with Crippen molar-refractivity contribution in [1.82, 2.24) is 14.5 Å². The molecule has 0 bridgehead atoms. The van der Waals surface area contributed by atoms with E-state index in [4.69, 9.17) is 14.5 Å². The lowest BCUT2D eigenvalue weighted by Gasteiger charge is -2.11. The summed E-state index contributed by atoms with van der Waals surface area (Å²) in [6.07, 6.45) is 1.70. The average Bonchev–Trinajstić information content (AvgIpc) is 3.03. The summed E-state index contributed by atoms with van der Waals surface area (Å²) >= 11 is 0. The Hall–Kier alpha value is -3.94. The summed E-state index contributed by atoms with van der Waals surface area (Å²) < 4.78 is 13.7. The number of nitrogens with zero attached hydrogens (tertiary/aromatic N) is 4. The Kier molecular flexibility index (Phi) is 5.79. The van der Waals surface area contributed by atoms with Gasteiger partial charge in [-0.3, -0.25) is 4.98 Å². The van der Waals surface area contributed by atoms with Crippen molar-refractivity contribution in [3.05, 3.63) is 71.4 Å². The minimum Gasteiger partial charge on any atom is -0.491 e. The van der Waals surface area contributed by atoms with Crippen LogP contribution >= 0.6 is 0 Å². The van der Waals surface area contributed by atoms with E-state index >= 15 is 0 Å². The number of pyridine rings is 1. The van der Waals surface area contributed by atoms with Crippen LogP contribution in [0.2, 0.25) is 0 Å². The van der Waals surface area contributed by atoms with Gasteiger partial charge in [-0.2, -0.15) is 4.91 Å². The average molecular weight is 417 g/mol. The number of hydrogen-bond acceptors (Lipinski definition) is 7. The number of aromatic nitrogens is 3. The van der Waals surface area contributed by atoms with Gasteiger partial charge in [0.2, 0.25) is 5.95 Å².